The minimum absolute atomic E-state index is 0.733. The number of ether oxygens (including phenoxy) is 1. The molecular weight excluding hydrogens is 318 g/mol. The van der Waals surface area contributed by atoms with Gasteiger partial charge in [0.15, 0.2) is 0 Å². The summed E-state index contributed by atoms with van der Waals surface area (Å²) in [5.74, 6) is 0.905. The lowest BCUT2D eigenvalue weighted by molar-refractivity contribution is 0.307. The second kappa shape index (κ2) is 8.51. The highest BCUT2D eigenvalue weighted by atomic mass is 35.5. The summed E-state index contributed by atoms with van der Waals surface area (Å²) in [5.41, 5.74) is 3.54. The molecule has 2 aromatic carbocycles. The summed E-state index contributed by atoms with van der Waals surface area (Å²) in [4.78, 5) is 4.13. The molecule has 0 unspecified atom stereocenters. The molecule has 2 nitrogen and oxygen atoms in total. The van der Waals surface area contributed by atoms with E-state index in [-0.39, 0.29) is 0 Å². The highest BCUT2D eigenvalue weighted by Gasteiger charge is 2.00. The van der Waals surface area contributed by atoms with Crippen LogP contribution >= 0.6 is 11.6 Å². The molecule has 1 aromatic heterocycles. The minimum Gasteiger partial charge on any atom is -0.494 e. The Morgan fingerprint density at radius 2 is 1.75 bits per heavy atom. The number of halogens is 1. The smallest absolute Gasteiger partial charge is 0.119 e. The van der Waals surface area contributed by atoms with Gasteiger partial charge in [0, 0.05) is 17.4 Å². The molecule has 3 heteroatoms. The molecule has 0 aliphatic rings. The van der Waals surface area contributed by atoms with Crippen LogP contribution in [0.1, 0.15) is 18.4 Å². The molecule has 0 amide bonds. The van der Waals surface area contributed by atoms with Crippen LogP contribution in [0.4, 0.5) is 0 Å². The van der Waals surface area contributed by atoms with Crippen molar-refractivity contribution >= 4 is 11.6 Å². The zero-order valence-electron chi connectivity index (χ0n) is 13.5. The molecule has 122 valence electrons. The number of unbranched alkanes of at least 4 members (excludes halogenated alkanes) is 1. The van der Waals surface area contributed by atoms with Crippen LogP contribution in [0.5, 0.6) is 5.75 Å². The van der Waals surface area contributed by atoms with Crippen molar-refractivity contribution in [2.45, 2.75) is 19.3 Å². The second-order valence-electron chi connectivity index (χ2n) is 5.70. The van der Waals surface area contributed by atoms with Crippen LogP contribution in [0.25, 0.3) is 11.1 Å². The van der Waals surface area contributed by atoms with Crippen LogP contribution in [-0.4, -0.2) is 11.6 Å². The highest BCUT2D eigenvalue weighted by Crippen LogP contribution is 2.24. The van der Waals surface area contributed by atoms with E-state index < -0.39 is 0 Å². The van der Waals surface area contributed by atoms with Crippen LogP contribution in [0, 0.1) is 0 Å². The molecule has 3 rings (SSSR count). The van der Waals surface area contributed by atoms with Gasteiger partial charge in [-0.1, -0.05) is 41.9 Å². The van der Waals surface area contributed by atoms with Crippen LogP contribution in [0.2, 0.25) is 5.02 Å². The maximum atomic E-state index is 6.04. The summed E-state index contributed by atoms with van der Waals surface area (Å²) in [6.45, 7) is 0.733. The quantitative estimate of drug-likeness (QED) is 0.508. The van der Waals surface area contributed by atoms with Crippen molar-refractivity contribution < 1.29 is 4.74 Å². The zero-order chi connectivity index (χ0) is 16.6. The first-order valence-corrected chi connectivity index (χ1v) is 8.57. The number of aryl methyl sites for hydroxylation is 1. The fourth-order valence-corrected chi connectivity index (χ4v) is 2.77. The Bertz CT molecular complexity index is 756. The van der Waals surface area contributed by atoms with Gasteiger partial charge >= 0.3 is 0 Å². The first-order chi connectivity index (χ1) is 11.8. The lowest BCUT2D eigenvalue weighted by atomic mass is 10.1. The number of hydrogen-bond donors (Lipinski definition) is 0. The van der Waals surface area contributed by atoms with Gasteiger partial charge in [-0.05, 0) is 66.3 Å². The molecule has 0 N–H and O–H groups in total. The Labute approximate surface area is 148 Å². The third kappa shape index (κ3) is 4.84. The Balaban J connectivity index is 1.45. The molecule has 0 saturated heterocycles. The predicted octanol–water partition coefficient (Wildman–Crippen LogP) is 5.80. The van der Waals surface area contributed by atoms with Gasteiger partial charge < -0.3 is 4.74 Å². The molecule has 0 bridgehead atoms. The summed E-state index contributed by atoms with van der Waals surface area (Å²) in [6.07, 6.45) is 6.91. The monoisotopic (exact) mass is 337 g/mol. The zero-order valence-corrected chi connectivity index (χ0v) is 14.2. The van der Waals surface area contributed by atoms with E-state index in [1.165, 1.54) is 5.56 Å². The predicted molar refractivity (Wildman–Crippen MR) is 99.6 cm³/mol. The molecule has 0 atom stereocenters. The number of aromatic nitrogens is 1. The van der Waals surface area contributed by atoms with Crippen LogP contribution < -0.4 is 4.74 Å². The van der Waals surface area contributed by atoms with E-state index in [1.54, 1.807) is 6.20 Å². The van der Waals surface area contributed by atoms with Crippen molar-refractivity contribution in [3.05, 3.63) is 83.6 Å². The van der Waals surface area contributed by atoms with Gasteiger partial charge in [0.05, 0.1) is 6.61 Å². The number of hydrogen-bond acceptors (Lipinski definition) is 2. The SMILES string of the molecule is Clc1cccc(-c2ccc(OCCCCc3cccnc3)cc2)c1. The Morgan fingerprint density at radius 3 is 2.50 bits per heavy atom. The van der Waals surface area contributed by atoms with Crippen molar-refractivity contribution in [2.75, 3.05) is 6.61 Å². The third-order valence-electron chi connectivity index (χ3n) is 3.86. The fraction of sp³-hybridized carbons (Fsp3) is 0.190. The molecule has 0 saturated carbocycles. The van der Waals surface area contributed by atoms with Gasteiger partial charge in [0.2, 0.25) is 0 Å². The van der Waals surface area contributed by atoms with Gasteiger partial charge in [0.25, 0.3) is 0 Å². The minimum atomic E-state index is 0.733. The summed E-state index contributed by atoms with van der Waals surface area (Å²) >= 11 is 6.04. The molecule has 3 aromatic rings. The summed E-state index contributed by atoms with van der Waals surface area (Å²) in [5, 5.41) is 0.751. The number of nitrogens with zero attached hydrogens (tertiary/aromatic N) is 1. The molecule has 24 heavy (non-hydrogen) atoms. The molecule has 0 spiro atoms. The van der Waals surface area contributed by atoms with Gasteiger partial charge in [-0.3, -0.25) is 4.98 Å². The van der Waals surface area contributed by atoms with E-state index in [0.29, 0.717) is 0 Å². The Kier molecular flexibility index (Phi) is 5.86. The normalized spacial score (nSPS) is 10.5. The van der Waals surface area contributed by atoms with Gasteiger partial charge in [-0.2, -0.15) is 0 Å². The largest absolute Gasteiger partial charge is 0.494 e. The molecule has 1 heterocycles. The van der Waals surface area contributed by atoms with E-state index in [0.717, 1.165) is 47.8 Å². The van der Waals surface area contributed by atoms with Crippen molar-refractivity contribution in [3.63, 3.8) is 0 Å². The summed E-state index contributed by atoms with van der Waals surface area (Å²) in [7, 11) is 0. The topological polar surface area (TPSA) is 22.1 Å². The first-order valence-electron chi connectivity index (χ1n) is 8.19. The molecule has 0 aliphatic heterocycles. The third-order valence-corrected chi connectivity index (χ3v) is 4.10. The maximum absolute atomic E-state index is 6.04. The number of rotatable bonds is 7. The fourth-order valence-electron chi connectivity index (χ4n) is 2.58. The number of benzene rings is 2. The number of pyridine rings is 1. The lowest BCUT2D eigenvalue weighted by Crippen LogP contribution is -1.98. The van der Waals surface area contributed by atoms with E-state index in [4.69, 9.17) is 16.3 Å². The van der Waals surface area contributed by atoms with Gasteiger partial charge in [0.1, 0.15) is 5.75 Å². The van der Waals surface area contributed by atoms with Crippen LogP contribution in [-0.2, 0) is 6.42 Å². The van der Waals surface area contributed by atoms with Crippen molar-refractivity contribution in [1.82, 2.24) is 4.98 Å². The average Bonchev–Trinajstić information content (AvgIpc) is 2.63. The summed E-state index contributed by atoms with van der Waals surface area (Å²) in [6, 6.07) is 20.1. The van der Waals surface area contributed by atoms with E-state index in [2.05, 4.69) is 29.2 Å². The van der Waals surface area contributed by atoms with E-state index >= 15 is 0 Å². The van der Waals surface area contributed by atoms with Crippen molar-refractivity contribution in [3.8, 4) is 16.9 Å². The van der Waals surface area contributed by atoms with Crippen molar-refractivity contribution in [2.24, 2.45) is 0 Å². The maximum Gasteiger partial charge on any atom is 0.119 e. The average molecular weight is 338 g/mol. The Hall–Kier alpha value is -2.32. The second-order valence-corrected chi connectivity index (χ2v) is 6.14. The molecule has 0 aliphatic carbocycles. The Morgan fingerprint density at radius 1 is 0.875 bits per heavy atom. The van der Waals surface area contributed by atoms with Gasteiger partial charge in [-0.25, -0.2) is 0 Å². The summed E-state index contributed by atoms with van der Waals surface area (Å²) < 4.78 is 5.82. The molecular formula is C21H20ClNO. The van der Waals surface area contributed by atoms with Crippen LogP contribution in [0.3, 0.4) is 0 Å². The van der Waals surface area contributed by atoms with E-state index in [9.17, 15) is 0 Å². The van der Waals surface area contributed by atoms with Crippen LogP contribution in [0.15, 0.2) is 73.1 Å². The standard InChI is InChI=1S/C21H20ClNO/c22-20-8-3-7-19(15-20)18-9-11-21(12-10-18)24-14-2-1-5-17-6-4-13-23-16-17/h3-4,6-13,15-16H,1-2,5,14H2. The van der Waals surface area contributed by atoms with Crippen molar-refractivity contribution in [1.29, 1.82) is 0 Å². The molecule has 0 radical (unpaired) electrons. The first kappa shape index (κ1) is 16.5. The highest BCUT2D eigenvalue weighted by molar-refractivity contribution is 6.30. The lowest BCUT2D eigenvalue weighted by Gasteiger charge is -2.08. The van der Waals surface area contributed by atoms with E-state index in [1.807, 2.05) is 42.6 Å². The molecule has 0 fully saturated rings. The van der Waals surface area contributed by atoms with Gasteiger partial charge in [-0.15, -0.1) is 0 Å².